The third-order valence-electron chi connectivity index (χ3n) is 3.35. The highest BCUT2D eigenvalue weighted by Crippen LogP contribution is 2.31. The zero-order chi connectivity index (χ0) is 18.7. The van der Waals surface area contributed by atoms with Crippen LogP contribution in [0.4, 0.5) is 5.69 Å². The van der Waals surface area contributed by atoms with Crippen LogP contribution in [0.25, 0.3) is 6.08 Å². The van der Waals surface area contributed by atoms with Crippen molar-refractivity contribution in [3.05, 3.63) is 74.9 Å². The highest BCUT2D eigenvalue weighted by Gasteiger charge is 2.33. The molecule has 2 heterocycles. The van der Waals surface area contributed by atoms with Gasteiger partial charge in [-0.15, -0.1) is 0 Å². The molecule has 10 heteroatoms. The van der Waals surface area contributed by atoms with Crippen LogP contribution < -0.4 is 5.43 Å². The molecule has 1 aromatic carbocycles. The van der Waals surface area contributed by atoms with E-state index >= 15 is 0 Å². The normalized spacial score (nSPS) is 15.4. The van der Waals surface area contributed by atoms with Crippen molar-refractivity contribution in [2.45, 2.75) is 0 Å². The van der Waals surface area contributed by atoms with Gasteiger partial charge in [0.15, 0.2) is 4.32 Å². The number of nitro benzene ring substituents is 1. The molecule has 1 fully saturated rings. The summed E-state index contributed by atoms with van der Waals surface area (Å²) in [6, 6.07) is 8.50. The molecule has 8 nitrogen and oxygen atoms in total. The molecule has 3 rings (SSSR count). The standard InChI is InChI=1S/C16H10N4O4S2/c21-14(11-1-3-12(4-2-11)20(23)24)18-19-15(22)13(26-16(19)25)9-10-5-7-17-8-6-10/h1-9H,(H,18,21)/b13-9-. The average molecular weight is 386 g/mol. The Hall–Kier alpha value is -3.11. The van der Waals surface area contributed by atoms with E-state index in [-0.39, 0.29) is 15.6 Å². The number of hydrogen-bond acceptors (Lipinski definition) is 7. The molecule has 1 aliphatic heterocycles. The average Bonchev–Trinajstić information content (AvgIpc) is 2.90. The number of hydrogen-bond donors (Lipinski definition) is 1. The number of aromatic nitrogens is 1. The zero-order valence-electron chi connectivity index (χ0n) is 13.0. The zero-order valence-corrected chi connectivity index (χ0v) is 14.6. The third-order valence-corrected chi connectivity index (χ3v) is 4.65. The molecule has 2 aromatic rings. The Bertz CT molecular complexity index is 929. The summed E-state index contributed by atoms with van der Waals surface area (Å²) in [7, 11) is 0. The lowest BCUT2D eigenvalue weighted by atomic mass is 10.2. The second-order valence-electron chi connectivity index (χ2n) is 5.04. The Kier molecular flexibility index (Phi) is 5.05. The Balaban J connectivity index is 1.74. The number of carbonyl (C=O) groups excluding carboxylic acids is 2. The smallest absolute Gasteiger partial charge is 0.267 e. The minimum absolute atomic E-state index is 0.132. The van der Waals surface area contributed by atoms with Crippen molar-refractivity contribution in [1.82, 2.24) is 15.4 Å². The maximum atomic E-state index is 12.5. The molecule has 0 aliphatic carbocycles. The van der Waals surface area contributed by atoms with E-state index in [0.717, 1.165) is 22.3 Å². The van der Waals surface area contributed by atoms with Crippen LogP contribution in [0.1, 0.15) is 15.9 Å². The molecule has 1 aliphatic rings. The monoisotopic (exact) mass is 386 g/mol. The van der Waals surface area contributed by atoms with E-state index < -0.39 is 16.7 Å². The van der Waals surface area contributed by atoms with Crippen LogP contribution in [0.5, 0.6) is 0 Å². The number of nitrogens with zero attached hydrogens (tertiary/aromatic N) is 3. The van der Waals surface area contributed by atoms with Gasteiger partial charge in [0.1, 0.15) is 0 Å². The van der Waals surface area contributed by atoms with E-state index in [1.165, 1.54) is 24.3 Å². The quantitative estimate of drug-likeness (QED) is 0.372. The maximum Gasteiger partial charge on any atom is 0.285 e. The number of benzene rings is 1. The Labute approximate surface area is 157 Å². The van der Waals surface area contributed by atoms with Crippen LogP contribution in [-0.2, 0) is 4.79 Å². The fourth-order valence-corrected chi connectivity index (χ4v) is 3.26. The summed E-state index contributed by atoms with van der Waals surface area (Å²) in [4.78, 5) is 39.1. The number of nitrogens with one attached hydrogen (secondary N) is 1. The molecule has 0 atom stereocenters. The van der Waals surface area contributed by atoms with Crippen LogP contribution >= 0.6 is 24.0 Å². The summed E-state index contributed by atoms with van der Waals surface area (Å²) in [5, 5.41) is 11.6. The first-order chi connectivity index (χ1) is 12.5. The molecule has 0 unspecified atom stereocenters. The Morgan fingerprint density at radius 1 is 1.23 bits per heavy atom. The highest BCUT2D eigenvalue weighted by atomic mass is 32.2. The largest absolute Gasteiger partial charge is 0.285 e. The summed E-state index contributed by atoms with van der Waals surface area (Å²) in [6.07, 6.45) is 4.85. The van der Waals surface area contributed by atoms with Gasteiger partial charge in [0.05, 0.1) is 9.83 Å². The SMILES string of the molecule is O=C(NN1C(=O)/C(=C/c2ccncc2)SC1=S)c1ccc([N+](=O)[O-])cc1. The number of nitro groups is 1. The maximum absolute atomic E-state index is 12.5. The minimum Gasteiger partial charge on any atom is -0.267 e. The van der Waals surface area contributed by atoms with Crippen molar-refractivity contribution in [2.24, 2.45) is 0 Å². The van der Waals surface area contributed by atoms with E-state index in [4.69, 9.17) is 12.2 Å². The molecule has 2 amide bonds. The summed E-state index contributed by atoms with van der Waals surface area (Å²) in [5.41, 5.74) is 3.24. The molecule has 1 N–H and O–H groups in total. The van der Waals surface area contributed by atoms with Crippen molar-refractivity contribution in [2.75, 3.05) is 0 Å². The molecule has 1 saturated heterocycles. The summed E-state index contributed by atoms with van der Waals surface area (Å²) >= 11 is 6.21. The Morgan fingerprint density at radius 2 is 1.88 bits per heavy atom. The molecule has 0 spiro atoms. The van der Waals surface area contributed by atoms with Gasteiger partial charge in [0.2, 0.25) is 0 Å². The van der Waals surface area contributed by atoms with Gasteiger partial charge in [0.25, 0.3) is 17.5 Å². The van der Waals surface area contributed by atoms with Gasteiger partial charge in [-0.1, -0.05) is 11.8 Å². The van der Waals surface area contributed by atoms with Crippen molar-refractivity contribution < 1.29 is 14.5 Å². The minimum atomic E-state index is -0.596. The lowest BCUT2D eigenvalue weighted by molar-refractivity contribution is -0.384. The topological polar surface area (TPSA) is 105 Å². The Morgan fingerprint density at radius 3 is 2.50 bits per heavy atom. The van der Waals surface area contributed by atoms with Gasteiger partial charge >= 0.3 is 0 Å². The first-order valence-electron chi connectivity index (χ1n) is 7.19. The molecule has 0 saturated carbocycles. The highest BCUT2D eigenvalue weighted by molar-refractivity contribution is 8.26. The van der Waals surface area contributed by atoms with Crippen LogP contribution in [0.2, 0.25) is 0 Å². The number of thiocarbonyl (C=S) groups is 1. The van der Waals surface area contributed by atoms with Crippen LogP contribution in [-0.4, -0.2) is 31.1 Å². The number of carbonyl (C=O) groups is 2. The molecular weight excluding hydrogens is 376 g/mol. The van der Waals surface area contributed by atoms with E-state index in [1.807, 2.05) is 0 Å². The number of thioether (sulfide) groups is 1. The van der Waals surface area contributed by atoms with E-state index in [9.17, 15) is 19.7 Å². The van der Waals surface area contributed by atoms with E-state index in [1.54, 1.807) is 30.6 Å². The second-order valence-corrected chi connectivity index (χ2v) is 6.72. The number of hydrazine groups is 1. The predicted octanol–water partition coefficient (Wildman–Crippen LogP) is 2.54. The lowest BCUT2D eigenvalue weighted by Crippen LogP contribution is -2.44. The molecule has 130 valence electrons. The number of non-ortho nitro benzene ring substituents is 1. The fraction of sp³-hybridized carbons (Fsp3) is 0. The van der Waals surface area contributed by atoms with Crippen LogP contribution in [0, 0.1) is 10.1 Å². The number of amides is 2. The molecule has 0 bridgehead atoms. The van der Waals surface area contributed by atoms with E-state index in [2.05, 4.69) is 10.4 Å². The second kappa shape index (κ2) is 7.42. The van der Waals surface area contributed by atoms with Crippen molar-refractivity contribution >= 4 is 51.9 Å². The fourth-order valence-electron chi connectivity index (χ4n) is 2.08. The van der Waals surface area contributed by atoms with Crippen molar-refractivity contribution in [1.29, 1.82) is 0 Å². The van der Waals surface area contributed by atoms with Crippen LogP contribution in [0.3, 0.4) is 0 Å². The van der Waals surface area contributed by atoms with Crippen LogP contribution in [0.15, 0.2) is 53.7 Å². The third kappa shape index (κ3) is 3.76. The molecular formula is C16H10N4O4S2. The first kappa shape index (κ1) is 17.7. The summed E-state index contributed by atoms with van der Waals surface area (Å²) in [6.45, 7) is 0. The molecule has 1 aromatic heterocycles. The lowest BCUT2D eigenvalue weighted by Gasteiger charge is -2.15. The van der Waals surface area contributed by atoms with Gasteiger partial charge in [-0.05, 0) is 48.1 Å². The summed E-state index contributed by atoms with van der Waals surface area (Å²) < 4.78 is 0.186. The number of pyridine rings is 1. The first-order valence-corrected chi connectivity index (χ1v) is 8.41. The van der Waals surface area contributed by atoms with Gasteiger partial charge in [0, 0.05) is 30.1 Å². The van der Waals surface area contributed by atoms with Gasteiger partial charge in [-0.2, -0.15) is 5.01 Å². The van der Waals surface area contributed by atoms with Gasteiger partial charge in [-0.25, -0.2) is 0 Å². The van der Waals surface area contributed by atoms with Gasteiger partial charge in [-0.3, -0.25) is 30.1 Å². The molecule has 26 heavy (non-hydrogen) atoms. The summed E-state index contributed by atoms with van der Waals surface area (Å²) in [5.74, 6) is -1.05. The van der Waals surface area contributed by atoms with Crippen molar-refractivity contribution in [3.63, 3.8) is 0 Å². The van der Waals surface area contributed by atoms with E-state index in [0.29, 0.717) is 4.91 Å². The number of rotatable bonds is 4. The predicted molar refractivity (Wildman–Crippen MR) is 99.8 cm³/mol. The van der Waals surface area contributed by atoms with Crippen molar-refractivity contribution in [3.8, 4) is 0 Å². The molecule has 0 radical (unpaired) electrons. The van der Waals surface area contributed by atoms with Gasteiger partial charge < -0.3 is 0 Å².